The molecule has 0 bridgehead atoms. The standard InChI is InChI=1S/C14H14ClN3S/c1-9(7-16)14-13(11-3-2-6-19-11)17-12-5-4-10(15)8-18(12)14/h2-6,8-9H,7,16H2,1H3. The molecule has 2 N–H and O–H groups in total. The summed E-state index contributed by atoms with van der Waals surface area (Å²) in [4.78, 5) is 5.89. The summed E-state index contributed by atoms with van der Waals surface area (Å²) in [5, 5.41) is 2.76. The molecule has 0 aliphatic carbocycles. The molecule has 3 aromatic rings. The molecule has 0 radical (unpaired) electrons. The van der Waals surface area contributed by atoms with Crippen molar-refractivity contribution in [3.05, 3.63) is 46.6 Å². The van der Waals surface area contributed by atoms with Crippen molar-refractivity contribution in [1.29, 1.82) is 0 Å². The Morgan fingerprint density at radius 2 is 2.26 bits per heavy atom. The van der Waals surface area contributed by atoms with E-state index in [2.05, 4.69) is 22.8 Å². The highest BCUT2D eigenvalue weighted by molar-refractivity contribution is 7.13. The van der Waals surface area contributed by atoms with Crippen molar-refractivity contribution in [3.8, 4) is 10.6 Å². The van der Waals surface area contributed by atoms with E-state index < -0.39 is 0 Å². The molecule has 0 aromatic carbocycles. The molecule has 5 heteroatoms. The molecule has 19 heavy (non-hydrogen) atoms. The van der Waals surface area contributed by atoms with Crippen LogP contribution in [-0.4, -0.2) is 15.9 Å². The monoisotopic (exact) mass is 291 g/mol. The van der Waals surface area contributed by atoms with Crippen LogP contribution in [0.15, 0.2) is 35.8 Å². The summed E-state index contributed by atoms with van der Waals surface area (Å²) in [6, 6.07) is 7.92. The van der Waals surface area contributed by atoms with Gasteiger partial charge in [-0.15, -0.1) is 11.3 Å². The van der Waals surface area contributed by atoms with Gasteiger partial charge in [-0.05, 0) is 23.6 Å². The predicted molar refractivity (Wildman–Crippen MR) is 81.0 cm³/mol. The van der Waals surface area contributed by atoms with Crippen molar-refractivity contribution < 1.29 is 0 Å². The largest absolute Gasteiger partial charge is 0.330 e. The van der Waals surface area contributed by atoms with Crippen LogP contribution >= 0.6 is 22.9 Å². The van der Waals surface area contributed by atoms with Crippen LogP contribution < -0.4 is 5.73 Å². The van der Waals surface area contributed by atoms with E-state index in [1.807, 2.05) is 24.4 Å². The number of aromatic nitrogens is 2. The lowest BCUT2D eigenvalue weighted by molar-refractivity contribution is 0.739. The van der Waals surface area contributed by atoms with Crippen molar-refractivity contribution in [3.63, 3.8) is 0 Å². The average Bonchev–Trinajstić information content (AvgIpc) is 3.03. The molecular formula is C14H14ClN3S. The minimum atomic E-state index is 0.227. The summed E-state index contributed by atoms with van der Waals surface area (Å²) < 4.78 is 2.05. The van der Waals surface area contributed by atoms with Gasteiger partial charge in [0.2, 0.25) is 0 Å². The summed E-state index contributed by atoms with van der Waals surface area (Å²) in [6.07, 6.45) is 1.91. The van der Waals surface area contributed by atoms with Crippen LogP contribution in [0.2, 0.25) is 5.02 Å². The van der Waals surface area contributed by atoms with Gasteiger partial charge in [0, 0.05) is 18.7 Å². The number of imidazole rings is 1. The molecule has 3 aromatic heterocycles. The zero-order chi connectivity index (χ0) is 13.4. The fraction of sp³-hybridized carbons (Fsp3) is 0.214. The normalized spacial score (nSPS) is 13.0. The summed E-state index contributed by atoms with van der Waals surface area (Å²) in [6.45, 7) is 2.69. The van der Waals surface area contributed by atoms with E-state index in [9.17, 15) is 0 Å². The molecule has 3 rings (SSSR count). The van der Waals surface area contributed by atoms with Gasteiger partial charge < -0.3 is 10.1 Å². The lowest BCUT2D eigenvalue weighted by Crippen LogP contribution is -2.11. The molecule has 0 saturated carbocycles. The molecule has 3 heterocycles. The van der Waals surface area contributed by atoms with Crippen molar-refractivity contribution in [2.45, 2.75) is 12.8 Å². The minimum absolute atomic E-state index is 0.227. The summed E-state index contributed by atoms with van der Waals surface area (Å²) >= 11 is 7.78. The molecule has 0 aliphatic rings. The Hall–Kier alpha value is -1.36. The molecule has 0 spiro atoms. The second-order valence-corrected chi connectivity index (χ2v) is 5.92. The Labute approximate surface area is 120 Å². The van der Waals surface area contributed by atoms with E-state index in [0.717, 1.165) is 21.9 Å². The Balaban J connectivity index is 2.32. The smallest absolute Gasteiger partial charge is 0.137 e. The highest BCUT2D eigenvalue weighted by Gasteiger charge is 2.19. The van der Waals surface area contributed by atoms with Crippen molar-refractivity contribution >= 4 is 28.6 Å². The Morgan fingerprint density at radius 1 is 1.42 bits per heavy atom. The van der Waals surface area contributed by atoms with Gasteiger partial charge in [0.05, 0.1) is 15.6 Å². The SMILES string of the molecule is CC(CN)c1c(-c2cccs2)nc2ccc(Cl)cn12. The maximum atomic E-state index is 6.10. The van der Waals surface area contributed by atoms with Crippen LogP contribution in [0.4, 0.5) is 0 Å². The first-order valence-corrected chi connectivity index (χ1v) is 7.38. The third kappa shape index (κ3) is 2.16. The number of fused-ring (bicyclic) bond motifs is 1. The zero-order valence-corrected chi connectivity index (χ0v) is 12.1. The molecule has 98 valence electrons. The van der Waals surface area contributed by atoms with Gasteiger partial charge in [0.25, 0.3) is 0 Å². The molecule has 1 unspecified atom stereocenters. The Kier molecular flexibility index (Phi) is 3.31. The maximum absolute atomic E-state index is 6.10. The lowest BCUT2D eigenvalue weighted by Gasteiger charge is -2.10. The summed E-state index contributed by atoms with van der Waals surface area (Å²) in [5.41, 5.74) is 8.89. The first-order valence-electron chi connectivity index (χ1n) is 6.12. The topological polar surface area (TPSA) is 43.3 Å². The number of halogens is 1. The fourth-order valence-corrected chi connectivity index (χ4v) is 3.10. The van der Waals surface area contributed by atoms with Crippen LogP contribution in [0.3, 0.4) is 0 Å². The average molecular weight is 292 g/mol. The number of hydrogen-bond acceptors (Lipinski definition) is 3. The van der Waals surface area contributed by atoms with Crippen LogP contribution in [0, 0.1) is 0 Å². The number of rotatable bonds is 3. The second-order valence-electron chi connectivity index (χ2n) is 4.54. The van der Waals surface area contributed by atoms with Crippen LogP contribution in [0.5, 0.6) is 0 Å². The number of pyridine rings is 1. The first kappa shape index (κ1) is 12.7. The maximum Gasteiger partial charge on any atom is 0.137 e. The van der Waals surface area contributed by atoms with E-state index in [4.69, 9.17) is 22.3 Å². The van der Waals surface area contributed by atoms with E-state index >= 15 is 0 Å². The van der Waals surface area contributed by atoms with Crippen molar-refractivity contribution in [2.24, 2.45) is 5.73 Å². The van der Waals surface area contributed by atoms with Gasteiger partial charge in [-0.2, -0.15) is 0 Å². The third-order valence-electron chi connectivity index (χ3n) is 3.19. The summed E-state index contributed by atoms with van der Waals surface area (Å²) in [5.74, 6) is 0.227. The second kappa shape index (κ2) is 4.96. The van der Waals surface area contributed by atoms with Crippen LogP contribution in [-0.2, 0) is 0 Å². The summed E-state index contributed by atoms with van der Waals surface area (Å²) in [7, 11) is 0. The van der Waals surface area contributed by atoms with Gasteiger partial charge in [-0.3, -0.25) is 0 Å². The highest BCUT2D eigenvalue weighted by Crippen LogP contribution is 2.32. The van der Waals surface area contributed by atoms with Crippen molar-refractivity contribution in [1.82, 2.24) is 9.38 Å². The van der Waals surface area contributed by atoms with Gasteiger partial charge in [0.1, 0.15) is 11.3 Å². The van der Waals surface area contributed by atoms with Crippen LogP contribution in [0.1, 0.15) is 18.5 Å². The molecule has 0 saturated heterocycles. The molecular weight excluding hydrogens is 278 g/mol. The molecule has 0 amide bonds. The van der Waals surface area contributed by atoms with E-state index in [1.54, 1.807) is 11.3 Å². The van der Waals surface area contributed by atoms with Gasteiger partial charge in [-0.1, -0.05) is 24.6 Å². The minimum Gasteiger partial charge on any atom is -0.330 e. The number of hydrogen-bond donors (Lipinski definition) is 1. The lowest BCUT2D eigenvalue weighted by atomic mass is 10.1. The van der Waals surface area contributed by atoms with E-state index in [1.165, 1.54) is 0 Å². The fourth-order valence-electron chi connectivity index (χ4n) is 2.21. The van der Waals surface area contributed by atoms with Gasteiger partial charge in [-0.25, -0.2) is 4.98 Å². The number of nitrogens with two attached hydrogens (primary N) is 1. The quantitative estimate of drug-likeness (QED) is 0.798. The van der Waals surface area contributed by atoms with Crippen molar-refractivity contribution in [2.75, 3.05) is 6.54 Å². The van der Waals surface area contributed by atoms with E-state index in [-0.39, 0.29) is 5.92 Å². The Bertz CT molecular complexity index is 703. The van der Waals surface area contributed by atoms with Gasteiger partial charge in [0.15, 0.2) is 0 Å². The first-order chi connectivity index (χ1) is 9.20. The predicted octanol–water partition coefficient (Wildman–Crippen LogP) is 3.78. The third-order valence-corrected chi connectivity index (χ3v) is 4.29. The van der Waals surface area contributed by atoms with Gasteiger partial charge >= 0.3 is 0 Å². The molecule has 0 fully saturated rings. The highest BCUT2D eigenvalue weighted by atomic mass is 35.5. The van der Waals surface area contributed by atoms with Crippen LogP contribution in [0.25, 0.3) is 16.2 Å². The molecule has 1 atom stereocenters. The molecule has 0 aliphatic heterocycles. The number of nitrogens with zero attached hydrogens (tertiary/aromatic N) is 2. The molecule has 3 nitrogen and oxygen atoms in total. The zero-order valence-electron chi connectivity index (χ0n) is 10.5. The van der Waals surface area contributed by atoms with E-state index in [0.29, 0.717) is 11.6 Å². The number of thiophene rings is 1. The Morgan fingerprint density at radius 3 is 2.95 bits per heavy atom.